The van der Waals surface area contributed by atoms with Crippen LogP contribution in [0.25, 0.3) is 11.2 Å². The Kier molecular flexibility index (Phi) is 7.20. The van der Waals surface area contributed by atoms with Gasteiger partial charge in [-0.25, -0.2) is 14.3 Å². The van der Waals surface area contributed by atoms with Crippen LogP contribution in [-0.2, 0) is 4.79 Å². The van der Waals surface area contributed by atoms with Crippen molar-refractivity contribution < 1.29 is 8.98 Å². The highest BCUT2D eigenvalue weighted by atomic mass is 127. The van der Waals surface area contributed by atoms with Gasteiger partial charge < -0.3 is 14.8 Å². The summed E-state index contributed by atoms with van der Waals surface area (Å²) in [5.41, 5.74) is 4.50. The van der Waals surface area contributed by atoms with Gasteiger partial charge in [-0.05, 0) is 78.3 Å². The second kappa shape index (κ2) is 10.2. The zero-order chi connectivity index (χ0) is 23.8. The van der Waals surface area contributed by atoms with Crippen LogP contribution in [0.5, 0.6) is 5.75 Å². The molecule has 2 fully saturated rings. The molecule has 2 aliphatic rings. The Labute approximate surface area is 218 Å². The highest BCUT2D eigenvalue weighted by molar-refractivity contribution is 14.2. The van der Waals surface area contributed by atoms with Gasteiger partial charge in [0.25, 0.3) is 0 Å². The van der Waals surface area contributed by atoms with Crippen molar-refractivity contribution in [2.24, 2.45) is 5.92 Å². The van der Waals surface area contributed by atoms with Crippen molar-refractivity contribution in [1.82, 2.24) is 18.6 Å². The second-order valence-corrected chi connectivity index (χ2v) is 12.2. The highest BCUT2D eigenvalue weighted by Crippen LogP contribution is 2.42. The monoisotopic (exact) mass is 610 g/mol. The number of aryl methyl sites for hydroxylation is 1. The molecule has 0 aliphatic heterocycles. The zero-order valence-corrected chi connectivity index (χ0v) is 23.4. The van der Waals surface area contributed by atoms with E-state index in [-0.39, 0.29) is 11.8 Å². The molecule has 2 N–H and O–H groups in total. The first-order valence-electron chi connectivity index (χ1n) is 11.4. The van der Waals surface area contributed by atoms with E-state index in [1.54, 1.807) is 0 Å². The number of hydrogen-bond acceptors (Lipinski definition) is 7. The molecule has 5 rings (SSSR count). The van der Waals surface area contributed by atoms with Crippen LogP contribution in [0.3, 0.4) is 0 Å². The topological polar surface area (TPSA) is 84.3 Å². The third kappa shape index (κ3) is 5.15. The van der Waals surface area contributed by atoms with Gasteiger partial charge in [0.2, 0.25) is 5.91 Å². The van der Waals surface area contributed by atoms with Crippen molar-refractivity contribution in [3.8, 4) is 5.75 Å². The van der Waals surface area contributed by atoms with Gasteiger partial charge in [-0.15, -0.1) is 0 Å². The molecule has 180 valence electrons. The zero-order valence-electron chi connectivity index (χ0n) is 19.4. The molecule has 1 amide bonds. The van der Waals surface area contributed by atoms with Crippen LogP contribution in [0.4, 0.5) is 17.2 Å². The molecule has 1 atom stereocenters. The minimum atomic E-state index is 0.0359. The molecule has 1 unspecified atom stereocenters. The standard InChI is InChI=1S/C23H28IN6O2PS/c1-13-25-21-18(12-20(27-22(21)30(13)33-24)28-23(31)15-7-8-15)26-17-10-9-16(14-5-4-6-14)11-19(17)32-34-29(2)3/h9-12,14-15,33H,4-8H2,1-3H3,(H2,26,27,28,31). The molecule has 0 radical (unpaired) electrons. The molecule has 1 aromatic carbocycles. The Morgan fingerprint density at radius 1 is 1.21 bits per heavy atom. The summed E-state index contributed by atoms with van der Waals surface area (Å²) in [5, 5.41) is 6.55. The number of amides is 1. The van der Waals surface area contributed by atoms with Gasteiger partial charge in [0.1, 0.15) is 29.4 Å². The molecule has 0 spiro atoms. The van der Waals surface area contributed by atoms with Crippen molar-refractivity contribution in [2.45, 2.75) is 44.9 Å². The molecular weight excluding hydrogens is 582 g/mol. The first kappa shape index (κ1) is 24.1. The molecule has 2 aliphatic carbocycles. The molecule has 2 heterocycles. The Hall–Kier alpha value is -1.62. The van der Waals surface area contributed by atoms with Crippen molar-refractivity contribution >= 4 is 74.9 Å². The van der Waals surface area contributed by atoms with E-state index in [1.807, 2.05) is 31.4 Å². The summed E-state index contributed by atoms with van der Waals surface area (Å²) in [5.74, 6) is 2.97. The molecule has 34 heavy (non-hydrogen) atoms. The van der Waals surface area contributed by atoms with Crippen molar-refractivity contribution in [3.05, 3.63) is 35.7 Å². The lowest BCUT2D eigenvalue weighted by Gasteiger charge is -2.26. The fourth-order valence-electron chi connectivity index (χ4n) is 3.96. The van der Waals surface area contributed by atoms with E-state index in [4.69, 9.17) is 14.2 Å². The molecule has 0 saturated heterocycles. The molecule has 11 heteroatoms. The van der Waals surface area contributed by atoms with E-state index >= 15 is 0 Å². The van der Waals surface area contributed by atoms with Gasteiger partial charge in [-0.2, -0.15) is 0 Å². The summed E-state index contributed by atoms with van der Waals surface area (Å²) < 4.78 is 10.1. The maximum Gasteiger partial charge on any atom is 0.228 e. The molecular formula is C23H28IN6O2PS. The lowest BCUT2D eigenvalue weighted by atomic mass is 9.80. The number of carbonyl (C=O) groups excluding carboxylic acids is 1. The van der Waals surface area contributed by atoms with Gasteiger partial charge in [0.05, 0.1) is 17.7 Å². The Morgan fingerprint density at radius 3 is 2.65 bits per heavy atom. The first-order valence-corrected chi connectivity index (χ1v) is 16.2. The summed E-state index contributed by atoms with van der Waals surface area (Å²) in [6.45, 7) is 1.98. The molecule has 8 nitrogen and oxygen atoms in total. The number of anilines is 3. The number of pyridine rings is 1. The van der Waals surface area contributed by atoms with E-state index < -0.39 is 0 Å². The lowest BCUT2D eigenvalue weighted by Crippen LogP contribution is -2.14. The molecule has 2 aromatic heterocycles. The number of rotatable bonds is 9. The predicted molar refractivity (Wildman–Crippen MR) is 150 cm³/mol. The quantitative estimate of drug-likeness (QED) is 0.126. The third-order valence-corrected chi connectivity index (χ3v) is 8.90. The van der Waals surface area contributed by atoms with Gasteiger partial charge in [-0.1, -0.05) is 12.5 Å². The van der Waals surface area contributed by atoms with Gasteiger partial charge >= 0.3 is 0 Å². The van der Waals surface area contributed by atoms with Crippen LogP contribution in [0.2, 0.25) is 0 Å². The minimum Gasteiger partial charge on any atom is -0.407 e. The number of aromatic nitrogens is 3. The van der Waals surface area contributed by atoms with Gasteiger partial charge in [0.15, 0.2) is 11.4 Å². The summed E-state index contributed by atoms with van der Waals surface area (Å²) >= 11 is 3.63. The van der Waals surface area contributed by atoms with E-state index in [0.717, 1.165) is 47.0 Å². The van der Waals surface area contributed by atoms with Crippen LogP contribution in [0.1, 0.15) is 49.4 Å². The first-order chi connectivity index (χ1) is 16.4. The summed E-state index contributed by atoms with van der Waals surface area (Å²) in [6, 6.07) is 8.28. The minimum absolute atomic E-state index is 0.0359. The number of hydrogen-bond donors (Lipinski definition) is 2. The number of benzene rings is 1. The molecule has 0 bridgehead atoms. The van der Waals surface area contributed by atoms with E-state index in [0.29, 0.717) is 18.1 Å². The Morgan fingerprint density at radius 2 is 2.00 bits per heavy atom. The normalized spacial score (nSPS) is 16.4. The fraction of sp³-hybridized carbons (Fsp3) is 0.435. The number of carbonyl (C=O) groups is 1. The number of nitrogens with zero attached hydrogens (tertiary/aromatic N) is 4. The summed E-state index contributed by atoms with van der Waals surface area (Å²) in [6.07, 6.45) is 6.10. The van der Waals surface area contributed by atoms with E-state index in [9.17, 15) is 4.79 Å². The van der Waals surface area contributed by atoms with Crippen LogP contribution < -0.4 is 14.8 Å². The number of imidazole rings is 1. The van der Waals surface area contributed by atoms with E-state index in [2.05, 4.69) is 55.2 Å². The maximum absolute atomic E-state index is 12.5. The molecule has 3 aromatic rings. The largest absolute Gasteiger partial charge is 0.407 e. The highest BCUT2D eigenvalue weighted by Gasteiger charge is 2.30. The van der Waals surface area contributed by atoms with Crippen LogP contribution in [0, 0.1) is 12.8 Å². The number of halogens is 1. The second-order valence-electron chi connectivity index (χ2n) is 9.05. The van der Waals surface area contributed by atoms with Crippen LogP contribution in [-0.4, -0.2) is 38.6 Å². The van der Waals surface area contributed by atoms with Gasteiger partial charge in [0, 0.05) is 26.1 Å². The smallest absolute Gasteiger partial charge is 0.228 e. The fourth-order valence-corrected chi connectivity index (χ4v) is 6.47. The maximum atomic E-state index is 12.5. The Balaban J connectivity index is 1.53. The predicted octanol–water partition coefficient (Wildman–Crippen LogP) is 6.39. The Bertz CT molecular complexity index is 1230. The summed E-state index contributed by atoms with van der Waals surface area (Å²) in [7, 11) is 3.91. The van der Waals surface area contributed by atoms with Crippen molar-refractivity contribution in [3.63, 3.8) is 0 Å². The van der Waals surface area contributed by atoms with E-state index in [1.165, 1.54) is 37.1 Å². The molecule has 2 saturated carbocycles. The summed E-state index contributed by atoms with van der Waals surface area (Å²) in [4.78, 5) is 22.0. The van der Waals surface area contributed by atoms with Crippen LogP contribution in [0.15, 0.2) is 24.3 Å². The van der Waals surface area contributed by atoms with Crippen molar-refractivity contribution in [2.75, 3.05) is 24.7 Å². The number of fused-ring (bicyclic) bond motifs is 1. The number of nitrogens with one attached hydrogen (secondary N) is 2. The SMILES string of the molecule is Cc1nc2c(Nc3ccc(C4CCC4)cc3OSN(C)C)cc(NC(=O)C3CC3)nc2n1PI. The third-order valence-electron chi connectivity index (χ3n) is 6.19. The van der Waals surface area contributed by atoms with Crippen LogP contribution >= 0.6 is 40.6 Å². The lowest BCUT2D eigenvalue weighted by molar-refractivity contribution is -0.117. The van der Waals surface area contributed by atoms with Crippen molar-refractivity contribution in [1.29, 1.82) is 0 Å². The average Bonchev–Trinajstić information content (AvgIpc) is 3.56. The van der Waals surface area contributed by atoms with Gasteiger partial charge in [-0.3, -0.25) is 9.13 Å². The average molecular weight is 610 g/mol.